The molecule has 0 aromatic carbocycles. The number of thiophene rings is 1. The van der Waals surface area contributed by atoms with Gasteiger partial charge in [0, 0.05) is 29.9 Å². The average Bonchev–Trinajstić information content (AvgIpc) is 2.74. The molecule has 1 unspecified atom stereocenters. The van der Waals surface area contributed by atoms with E-state index >= 15 is 0 Å². The van der Waals surface area contributed by atoms with Crippen molar-refractivity contribution < 1.29 is 0 Å². The first-order valence-electron chi connectivity index (χ1n) is 5.85. The van der Waals surface area contributed by atoms with Crippen LogP contribution >= 0.6 is 11.3 Å². The molecule has 0 aliphatic heterocycles. The van der Waals surface area contributed by atoms with Crippen molar-refractivity contribution in [2.45, 2.75) is 33.4 Å². The molecule has 90 valence electrons. The smallest absolute Gasteiger partial charge is 0.0391 e. The third-order valence-electron chi connectivity index (χ3n) is 3.03. The molecule has 2 heterocycles. The Kier molecular flexibility index (Phi) is 3.92. The van der Waals surface area contributed by atoms with E-state index in [1.807, 2.05) is 23.7 Å². The highest BCUT2D eigenvalue weighted by atomic mass is 32.1. The van der Waals surface area contributed by atoms with Gasteiger partial charge in [-0.1, -0.05) is 0 Å². The zero-order valence-electron chi connectivity index (χ0n) is 10.5. The second-order valence-electron chi connectivity index (χ2n) is 4.37. The molecule has 0 saturated heterocycles. The van der Waals surface area contributed by atoms with Gasteiger partial charge in [-0.15, -0.1) is 11.3 Å². The van der Waals surface area contributed by atoms with Crippen molar-refractivity contribution in [1.82, 2.24) is 10.3 Å². The van der Waals surface area contributed by atoms with Gasteiger partial charge < -0.3 is 5.32 Å². The van der Waals surface area contributed by atoms with Crippen LogP contribution in [-0.2, 0) is 6.54 Å². The summed E-state index contributed by atoms with van der Waals surface area (Å²) in [6, 6.07) is 4.66. The van der Waals surface area contributed by atoms with Gasteiger partial charge in [0.05, 0.1) is 0 Å². The third kappa shape index (κ3) is 2.93. The molecule has 0 radical (unpaired) electrons. The van der Waals surface area contributed by atoms with Crippen molar-refractivity contribution in [3.63, 3.8) is 0 Å². The van der Waals surface area contributed by atoms with Crippen molar-refractivity contribution in [1.29, 1.82) is 0 Å². The summed E-state index contributed by atoms with van der Waals surface area (Å²) in [5, 5.41) is 5.72. The molecule has 1 N–H and O–H groups in total. The fourth-order valence-electron chi connectivity index (χ4n) is 1.88. The van der Waals surface area contributed by atoms with E-state index in [1.54, 1.807) is 0 Å². The Hall–Kier alpha value is -1.19. The van der Waals surface area contributed by atoms with Gasteiger partial charge in [0.2, 0.25) is 0 Å². The molecule has 2 nitrogen and oxygen atoms in total. The summed E-state index contributed by atoms with van der Waals surface area (Å²) < 4.78 is 0. The Morgan fingerprint density at radius 1 is 1.29 bits per heavy atom. The Balaban J connectivity index is 2.00. The van der Waals surface area contributed by atoms with Gasteiger partial charge >= 0.3 is 0 Å². The zero-order valence-corrected chi connectivity index (χ0v) is 11.3. The largest absolute Gasteiger partial charge is 0.305 e. The Labute approximate surface area is 107 Å². The lowest BCUT2D eigenvalue weighted by atomic mass is 10.1. The molecule has 0 spiro atoms. The predicted molar refractivity (Wildman–Crippen MR) is 73.3 cm³/mol. The van der Waals surface area contributed by atoms with Gasteiger partial charge in [0.1, 0.15) is 0 Å². The molecule has 2 aromatic rings. The van der Waals surface area contributed by atoms with E-state index in [-0.39, 0.29) is 0 Å². The number of rotatable bonds is 4. The summed E-state index contributed by atoms with van der Waals surface area (Å²) in [5.74, 6) is 0. The van der Waals surface area contributed by atoms with Crippen molar-refractivity contribution in [2.75, 3.05) is 0 Å². The van der Waals surface area contributed by atoms with E-state index in [2.05, 4.69) is 48.6 Å². The SMILES string of the molecule is Cc1cnccc1CNC(C)c1sccc1C. The van der Waals surface area contributed by atoms with Crippen molar-refractivity contribution in [3.8, 4) is 0 Å². The molecule has 2 rings (SSSR count). The third-order valence-corrected chi connectivity index (χ3v) is 4.23. The van der Waals surface area contributed by atoms with E-state index < -0.39 is 0 Å². The molecule has 2 aromatic heterocycles. The van der Waals surface area contributed by atoms with Gasteiger partial charge in [-0.05, 0) is 55.0 Å². The number of nitrogens with zero attached hydrogens (tertiary/aromatic N) is 1. The van der Waals surface area contributed by atoms with Crippen molar-refractivity contribution in [2.24, 2.45) is 0 Å². The highest BCUT2D eigenvalue weighted by Gasteiger charge is 2.09. The van der Waals surface area contributed by atoms with Gasteiger partial charge in [-0.25, -0.2) is 0 Å². The lowest BCUT2D eigenvalue weighted by molar-refractivity contribution is 0.579. The first-order chi connectivity index (χ1) is 8.18. The van der Waals surface area contributed by atoms with E-state index in [4.69, 9.17) is 0 Å². The van der Waals surface area contributed by atoms with Gasteiger partial charge in [0.15, 0.2) is 0 Å². The van der Waals surface area contributed by atoms with E-state index in [0.717, 1.165) is 6.54 Å². The first-order valence-corrected chi connectivity index (χ1v) is 6.73. The molecule has 0 fully saturated rings. The van der Waals surface area contributed by atoms with Crippen LogP contribution in [0.15, 0.2) is 29.9 Å². The summed E-state index contributed by atoms with van der Waals surface area (Å²) in [6.07, 6.45) is 3.77. The lowest BCUT2D eigenvalue weighted by Gasteiger charge is -2.14. The van der Waals surface area contributed by atoms with Gasteiger partial charge in [-0.2, -0.15) is 0 Å². The van der Waals surface area contributed by atoms with Crippen LogP contribution < -0.4 is 5.32 Å². The average molecular weight is 246 g/mol. The number of nitrogens with one attached hydrogen (secondary N) is 1. The molecule has 0 saturated carbocycles. The number of aryl methyl sites for hydroxylation is 2. The number of hydrogen-bond donors (Lipinski definition) is 1. The van der Waals surface area contributed by atoms with E-state index in [0.29, 0.717) is 6.04 Å². The summed E-state index contributed by atoms with van der Waals surface area (Å²) in [5.41, 5.74) is 3.94. The maximum absolute atomic E-state index is 4.11. The monoisotopic (exact) mass is 246 g/mol. The number of aromatic nitrogens is 1. The van der Waals surface area contributed by atoms with Crippen LogP contribution in [0.5, 0.6) is 0 Å². The van der Waals surface area contributed by atoms with E-state index in [1.165, 1.54) is 21.6 Å². The molecule has 0 aliphatic carbocycles. The molecular formula is C14H18N2S. The second kappa shape index (κ2) is 5.43. The lowest BCUT2D eigenvalue weighted by Crippen LogP contribution is -2.18. The molecule has 0 amide bonds. The maximum atomic E-state index is 4.11. The van der Waals surface area contributed by atoms with Crippen LogP contribution in [0.4, 0.5) is 0 Å². The highest BCUT2D eigenvalue weighted by Crippen LogP contribution is 2.23. The van der Waals surface area contributed by atoms with Crippen LogP contribution in [-0.4, -0.2) is 4.98 Å². The maximum Gasteiger partial charge on any atom is 0.0391 e. The van der Waals surface area contributed by atoms with Crippen LogP contribution in [0.2, 0.25) is 0 Å². The van der Waals surface area contributed by atoms with Gasteiger partial charge in [0.25, 0.3) is 0 Å². The molecule has 1 atom stereocenters. The Bertz CT molecular complexity index is 490. The summed E-state index contributed by atoms with van der Waals surface area (Å²) in [4.78, 5) is 5.54. The minimum atomic E-state index is 0.405. The topological polar surface area (TPSA) is 24.9 Å². The molecule has 17 heavy (non-hydrogen) atoms. The minimum absolute atomic E-state index is 0.405. The minimum Gasteiger partial charge on any atom is -0.305 e. The zero-order chi connectivity index (χ0) is 12.3. The van der Waals surface area contributed by atoms with Crippen LogP contribution in [0.25, 0.3) is 0 Å². The van der Waals surface area contributed by atoms with Crippen LogP contribution in [0.3, 0.4) is 0 Å². The van der Waals surface area contributed by atoms with Crippen LogP contribution in [0, 0.1) is 13.8 Å². The van der Waals surface area contributed by atoms with Crippen molar-refractivity contribution in [3.05, 3.63) is 51.5 Å². The number of pyridine rings is 1. The Morgan fingerprint density at radius 2 is 2.12 bits per heavy atom. The van der Waals surface area contributed by atoms with Crippen LogP contribution in [0.1, 0.15) is 34.5 Å². The first kappa shape index (κ1) is 12.3. The fraction of sp³-hybridized carbons (Fsp3) is 0.357. The van der Waals surface area contributed by atoms with E-state index in [9.17, 15) is 0 Å². The molecule has 0 aliphatic rings. The second-order valence-corrected chi connectivity index (χ2v) is 5.32. The van der Waals surface area contributed by atoms with Gasteiger partial charge in [-0.3, -0.25) is 4.98 Å². The summed E-state index contributed by atoms with van der Waals surface area (Å²) in [6.45, 7) is 7.38. The number of hydrogen-bond acceptors (Lipinski definition) is 3. The normalized spacial score (nSPS) is 12.6. The molecule has 3 heteroatoms. The molecular weight excluding hydrogens is 228 g/mol. The molecule has 0 bridgehead atoms. The fourth-order valence-corrected chi connectivity index (χ4v) is 2.84. The Morgan fingerprint density at radius 3 is 2.76 bits per heavy atom. The quantitative estimate of drug-likeness (QED) is 0.891. The highest BCUT2D eigenvalue weighted by molar-refractivity contribution is 7.10. The summed E-state index contributed by atoms with van der Waals surface area (Å²) >= 11 is 1.82. The standard InChI is InChI=1S/C14H18N2S/c1-10-5-7-17-14(10)12(3)16-9-13-4-6-15-8-11(13)2/h4-8,12,16H,9H2,1-3H3. The summed E-state index contributed by atoms with van der Waals surface area (Å²) in [7, 11) is 0. The van der Waals surface area contributed by atoms with Crippen molar-refractivity contribution >= 4 is 11.3 Å². The predicted octanol–water partition coefficient (Wildman–Crippen LogP) is 3.61.